The van der Waals surface area contributed by atoms with Gasteiger partial charge in [0.2, 0.25) is 0 Å². The van der Waals surface area contributed by atoms with Crippen LogP contribution in [0.4, 0.5) is 0 Å². The molecule has 0 N–H and O–H groups in total. The maximum atomic E-state index is 4.89. The fraction of sp³-hybridized carbons (Fsp3) is 0.333. The van der Waals surface area contributed by atoms with E-state index in [2.05, 4.69) is 43.3 Å². The number of rotatable bonds is 2. The quantitative estimate of drug-likeness (QED) is 0.669. The monoisotopic (exact) mass is 276 g/mol. The van der Waals surface area contributed by atoms with Crippen molar-refractivity contribution in [2.45, 2.75) is 25.7 Å². The minimum absolute atomic E-state index is 0.556. The minimum atomic E-state index is -0.556. The molecule has 1 aromatic rings. The van der Waals surface area contributed by atoms with E-state index in [4.69, 9.17) is 18.6 Å². The van der Waals surface area contributed by atoms with E-state index < -0.39 is 17.0 Å². The van der Waals surface area contributed by atoms with E-state index in [0.717, 1.165) is 0 Å². The van der Waals surface area contributed by atoms with Crippen molar-refractivity contribution >= 4 is 24.7 Å². The molecule has 0 amide bonds. The zero-order chi connectivity index (χ0) is 11.1. The first-order chi connectivity index (χ1) is 7.33. The van der Waals surface area contributed by atoms with Gasteiger partial charge in [0, 0.05) is 5.92 Å². The molecule has 80 valence electrons. The number of hydrogen-bond acceptors (Lipinski definition) is 0. The molecular formula is C12H14Cl2Ti. The Balaban J connectivity index is 0.000000337. The van der Waals surface area contributed by atoms with E-state index in [1.807, 2.05) is 0 Å². The van der Waals surface area contributed by atoms with Crippen molar-refractivity contribution in [2.75, 3.05) is 0 Å². The third-order valence-corrected chi connectivity index (χ3v) is 2.50. The average molecular weight is 277 g/mol. The summed E-state index contributed by atoms with van der Waals surface area (Å²) in [4.78, 5) is 0. The van der Waals surface area contributed by atoms with E-state index in [0.29, 0.717) is 5.92 Å². The van der Waals surface area contributed by atoms with Gasteiger partial charge in [-0.1, -0.05) is 49.8 Å². The Morgan fingerprint density at radius 1 is 1.27 bits per heavy atom. The van der Waals surface area contributed by atoms with Crippen LogP contribution in [0.1, 0.15) is 36.8 Å². The molecule has 3 heteroatoms. The second kappa shape index (κ2) is 7.51. The van der Waals surface area contributed by atoms with Crippen LogP contribution in [0.2, 0.25) is 0 Å². The van der Waals surface area contributed by atoms with Crippen LogP contribution in [-0.2, 0) is 17.0 Å². The second-order valence-corrected chi connectivity index (χ2v) is 6.03. The van der Waals surface area contributed by atoms with Gasteiger partial charge < -0.3 is 0 Å². The molecule has 0 aliphatic heterocycles. The van der Waals surface area contributed by atoms with Crippen molar-refractivity contribution in [3.8, 4) is 0 Å². The Morgan fingerprint density at radius 3 is 2.60 bits per heavy atom. The summed E-state index contributed by atoms with van der Waals surface area (Å²) in [5.74, 6) is 0.686. The average Bonchev–Trinajstić information content (AvgIpc) is 2.64. The van der Waals surface area contributed by atoms with E-state index >= 15 is 0 Å². The predicted octanol–water partition coefficient (Wildman–Crippen LogP) is 4.97. The summed E-state index contributed by atoms with van der Waals surface area (Å²) in [6, 6.07) is 8.68. The Morgan fingerprint density at radius 2 is 1.93 bits per heavy atom. The first-order valence-corrected chi connectivity index (χ1v) is 9.36. The van der Waals surface area contributed by atoms with E-state index in [1.54, 1.807) is 0 Å². The first kappa shape index (κ1) is 13.3. The summed E-state index contributed by atoms with van der Waals surface area (Å²) in [6.45, 7) is 2.24. The number of fused-ring (bicyclic) bond motifs is 1. The van der Waals surface area contributed by atoms with Gasteiger partial charge in [0.1, 0.15) is 0 Å². The van der Waals surface area contributed by atoms with Crippen molar-refractivity contribution in [3.05, 3.63) is 41.5 Å². The fourth-order valence-electron chi connectivity index (χ4n) is 1.89. The topological polar surface area (TPSA) is 0 Å². The first-order valence-electron chi connectivity index (χ1n) is 5.06. The van der Waals surface area contributed by atoms with Crippen LogP contribution in [0.15, 0.2) is 30.3 Å². The molecule has 0 radical (unpaired) electrons. The van der Waals surface area contributed by atoms with E-state index in [1.165, 1.54) is 24.0 Å². The molecule has 0 saturated heterocycles. The standard InChI is InChI=1S/C12H14.2ClH.Ti/c1-2-5-10-8-9-11-6-3-4-7-12(10)11;;;/h3-4,6-10H,2,5H2,1H3;2*1H;/q;;;+2/p-2. The zero-order valence-corrected chi connectivity index (χ0v) is 11.8. The zero-order valence-electron chi connectivity index (χ0n) is 8.71. The van der Waals surface area contributed by atoms with Crippen LogP contribution < -0.4 is 0 Å². The van der Waals surface area contributed by atoms with Gasteiger partial charge >= 0.3 is 35.6 Å². The maximum absolute atomic E-state index is 4.89. The molecule has 0 nitrogen and oxygen atoms in total. The summed E-state index contributed by atoms with van der Waals surface area (Å²) in [6.07, 6.45) is 7.13. The molecule has 1 aliphatic rings. The van der Waals surface area contributed by atoms with Crippen LogP contribution in [0, 0.1) is 0 Å². The molecule has 1 unspecified atom stereocenters. The van der Waals surface area contributed by atoms with Gasteiger partial charge in [-0.2, -0.15) is 0 Å². The van der Waals surface area contributed by atoms with Crippen molar-refractivity contribution in [3.63, 3.8) is 0 Å². The molecule has 0 aromatic heterocycles. The van der Waals surface area contributed by atoms with Crippen LogP contribution in [0.25, 0.3) is 6.08 Å². The number of hydrogen-bond donors (Lipinski definition) is 0. The molecule has 0 saturated carbocycles. The van der Waals surface area contributed by atoms with Gasteiger partial charge in [0.15, 0.2) is 0 Å². The van der Waals surface area contributed by atoms with Gasteiger partial charge in [-0.3, -0.25) is 0 Å². The van der Waals surface area contributed by atoms with Gasteiger partial charge in [0.05, 0.1) is 0 Å². The van der Waals surface area contributed by atoms with Crippen LogP contribution in [0.5, 0.6) is 0 Å². The molecule has 0 fully saturated rings. The van der Waals surface area contributed by atoms with Crippen molar-refractivity contribution in [1.29, 1.82) is 0 Å². The van der Waals surface area contributed by atoms with Crippen LogP contribution >= 0.6 is 18.6 Å². The van der Waals surface area contributed by atoms with Gasteiger partial charge in [-0.05, 0) is 17.5 Å². The fourth-order valence-corrected chi connectivity index (χ4v) is 1.89. The predicted molar refractivity (Wildman–Crippen MR) is 64.8 cm³/mol. The summed E-state index contributed by atoms with van der Waals surface area (Å²) in [5, 5.41) is 0. The Hall–Kier alpha value is 0.254. The summed E-state index contributed by atoms with van der Waals surface area (Å²) in [7, 11) is 9.78. The van der Waals surface area contributed by atoms with Crippen LogP contribution in [0.3, 0.4) is 0 Å². The number of allylic oxidation sites excluding steroid dienone is 1. The molecule has 2 rings (SSSR count). The van der Waals surface area contributed by atoms with Crippen molar-refractivity contribution in [2.24, 2.45) is 0 Å². The van der Waals surface area contributed by atoms with Crippen molar-refractivity contribution < 1.29 is 17.0 Å². The molecule has 1 atom stereocenters. The Bertz CT molecular complexity index is 323. The normalized spacial score (nSPS) is 16.6. The molecule has 0 bridgehead atoms. The third-order valence-electron chi connectivity index (χ3n) is 2.50. The van der Waals surface area contributed by atoms with Gasteiger partial charge in [-0.15, -0.1) is 0 Å². The second-order valence-electron chi connectivity index (χ2n) is 3.45. The third kappa shape index (κ3) is 3.96. The van der Waals surface area contributed by atoms with Crippen LogP contribution in [-0.4, -0.2) is 0 Å². The summed E-state index contributed by atoms with van der Waals surface area (Å²) in [5.41, 5.74) is 2.93. The molecule has 15 heavy (non-hydrogen) atoms. The van der Waals surface area contributed by atoms with Gasteiger partial charge in [0.25, 0.3) is 0 Å². The molecule has 0 heterocycles. The molecule has 0 spiro atoms. The summed E-state index contributed by atoms with van der Waals surface area (Å²) >= 11 is -0.556. The Labute approximate surface area is 108 Å². The van der Waals surface area contributed by atoms with E-state index in [-0.39, 0.29) is 0 Å². The SMILES string of the molecule is CCCC1C=Cc2ccccc21.[Cl][Ti][Cl]. The Kier molecular flexibility index (Phi) is 6.67. The number of halogens is 2. The van der Waals surface area contributed by atoms with Crippen molar-refractivity contribution in [1.82, 2.24) is 0 Å². The van der Waals surface area contributed by atoms with E-state index in [9.17, 15) is 0 Å². The molecular weight excluding hydrogens is 263 g/mol. The number of benzene rings is 1. The molecule has 1 aromatic carbocycles. The summed E-state index contributed by atoms with van der Waals surface area (Å²) < 4.78 is 0. The van der Waals surface area contributed by atoms with Gasteiger partial charge in [-0.25, -0.2) is 0 Å². The molecule has 1 aliphatic carbocycles.